The maximum absolute atomic E-state index is 12.4. The monoisotopic (exact) mass is 399 g/mol. The highest BCUT2D eigenvalue weighted by atomic mass is 32.2. The second kappa shape index (κ2) is 9.61. The smallest absolute Gasteiger partial charge is 0.251 e. The Morgan fingerprint density at radius 1 is 1.18 bits per heavy atom. The molecule has 148 valence electrons. The first-order valence-electron chi connectivity index (χ1n) is 9.18. The number of ether oxygens (including phenoxy) is 1. The number of fused-ring (bicyclic) bond motifs is 1. The Labute approximate surface area is 169 Å². The third-order valence-electron chi connectivity index (χ3n) is 4.45. The van der Waals surface area contributed by atoms with E-state index in [9.17, 15) is 9.59 Å². The Balaban J connectivity index is 1.56. The molecule has 0 saturated carbocycles. The normalized spacial score (nSPS) is 15.4. The van der Waals surface area contributed by atoms with Gasteiger partial charge < -0.3 is 20.7 Å². The van der Waals surface area contributed by atoms with Crippen LogP contribution in [0.1, 0.15) is 21.5 Å². The lowest BCUT2D eigenvalue weighted by Gasteiger charge is -2.27. The van der Waals surface area contributed by atoms with Crippen molar-refractivity contribution >= 4 is 35.0 Å². The molecule has 6 nitrogen and oxygen atoms in total. The summed E-state index contributed by atoms with van der Waals surface area (Å²) in [4.78, 5) is 24.6. The lowest BCUT2D eigenvalue weighted by molar-refractivity contribution is -0.116. The fraction of sp³-hybridized carbons (Fsp3) is 0.333. The number of hydrogen-bond acceptors (Lipinski definition) is 5. The quantitative estimate of drug-likeness (QED) is 0.595. The second-order valence-electron chi connectivity index (χ2n) is 6.70. The van der Waals surface area contributed by atoms with Gasteiger partial charge >= 0.3 is 0 Å². The summed E-state index contributed by atoms with van der Waals surface area (Å²) in [7, 11) is 1.59. The average molecular weight is 400 g/mol. The summed E-state index contributed by atoms with van der Waals surface area (Å²) in [5, 5.41) is 8.96. The Bertz CT molecular complexity index is 839. The summed E-state index contributed by atoms with van der Waals surface area (Å²) in [6.45, 7) is 2.97. The SMILES string of the molecule is COCCNC(=O)c1ccc2c(c1)NC(=O)C(CSCc1ccc(C)cc1)N2. The van der Waals surface area contributed by atoms with Crippen molar-refractivity contribution in [2.24, 2.45) is 0 Å². The van der Waals surface area contributed by atoms with Crippen LogP contribution >= 0.6 is 11.8 Å². The van der Waals surface area contributed by atoms with E-state index < -0.39 is 0 Å². The number of thioether (sulfide) groups is 1. The first-order valence-corrected chi connectivity index (χ1v) is 10.3. The fourth-order valence-electron chi connectivity index (χ4n) is 2.85. The van der Waals surface area contributed by atoms with Gasteiger partial charge in [0.1, 0.15) is 6.04 Å². The number of amides is 2. The molecular weight excluding hydrogens is 374 g/mol. The minimum atomic E-state index is -0.302. The van der Waals surface area contributed by atoms with Gasteiger partial charge in [-0.1, -0.05) is 29.8 Å². The number of carbonyl (C=O) groups excluding carboxylic acids is 2. The van der Waals surface area contributed by atoms with Crippen molar-refractivity contribution in [3.8, 4) is 0 Å². The zero-order valence-electron chi connectivity index (χ0n) is 16.1. The highest BCUT2D eigenvalue weighted by molar-refractivity contribution is 7.98. The molecule has 1 aliphatic heterocycles. The van der Waals surface area contributed by atoms with Crippen LogP contribution in [-0.2, 0) is 15.3 Å². The molecule has 0 aliphatic carbocycles. The molecule has 3 N–H and O–H groups in total. The number of aryl methyl sites for hydroxylation is 1. The van der Waals surface area contributed by atoms with E-state index in [1.54, 1.807) is 31.0 Å². The summed E-state index contributed by atoms with van der Waals surface area (Å²) < 4.78 is 4.93. The van der Waals surface area contributed by atoms with E-state index in [2.05, 4.69) is 47.1 Å². The molecule has 1 aliphatic rings. The molecule has 2 aromatic carbocycles. The van der Waals surface area contributed by atoms with Gasteiger partial charge in [0.15, 0.2) is 0 Å². The maximum atomic E-state index is 12.4. The molecule has 1 heterocycles. The summed E-state index contributed by atoms with van der Waals surface area (Å²) in [5.41, 5.74) is 4.45. The van der Waals surface area contributed by atoms with Gasteiger partial charge in [-0.15, -0.1) is 0 Å². The van der Waals surface area contributed by atoms with E-state index in [0.717, 1.165) is 11.4 Å². The van der Waals surface area contributed by atoms with Gasteiger partial charge in [0.25, 0.3) is 5.91 Å². The van der Waals surface area contributed by atoms with Gasteiger partial charge in [0.2, 0.25) is 5.91 Å². The molecule has 0 bridgehead atoms. The summed E-state index contributed by atoms with van der Waals surface area (Å²) in [5.74, 6) is 1.25. The van der Waals surface area contributed by atoms with Crippen LogP contribution in [0.15, 0.2) is 42.5 Å². The predicted molar refractivity (Wildman–Crippen MR) is 114 cm³/mol. The molecule has 0 fully saturated rings. The van der Waals surface area contributed by atoms with E-state index in [0.29, 0.717) is 30.2 Å². The molecule has 0 aromatic heterocycles. The van der Waals surface area contributed by atoms with Crippen molar-refractivity contribution in [1.29, 1.82) is 0 Å². The van der Waals surface area contributed by atoms with E-state index in [4.69, 9.17) is 4.74 Å². The van der Waals surface area contributed by atoms with Crippen molar-refractivity contribution in [3.05, 3.63) is 59.2 Å². The van der Waals surface area contributed by atoms with Crippen LogP contribution in [0.3, 0.4) is 0 Å². The molecule has 2 amide bonds. The van der Waals surface area contributed by atoms with Crippen LogP contribution in [0.2, 0.25) is 0 Å². The highest BCUT2D eigenvalue weighted by Crippen LogP contribution is 2.29. The van der Waals surface area contributed by atoms with E-state index in [-0.39, 0.29) is 17.9 Å². The van der Waals surface area contributed by atoms with Crippen LogP contribution < -0.4 is 16.0 Å². The molecule has 0 radical (unpaired) electrons. The van der Waals surface area contributed by atoms with Crippen LogP contribution in [0.5, 0.6) is 0 Å². The van der Waals surface area contributed by atoms with Gasteiger partial charge in [0, 0.05) is 30.7 Å². The Morgan fingerprint density at radius 3 is 2.71 bits per heavy atom. The van der Waals surface area contributed by atoms with E-state index in [1.807, 2.05) is 6.07 Å². The standard InChI is InChI=1S/C21H25N3O3S/c1-14-3-5-15(6-4-14)12-28-13-19-21(26)24-18-11-16(7-8-17(18)23-19)20(25)22-9-10-27-2/h3-8,11,19,23H,9-10,12-13H2,1-2H3,(H,22,25)(H,24,26). The maximum Gasteiger partial charge on any atom is 0.251 e. The molecule has 0 spiro atoms. The van der Waals surface area contributed by atoms with Crippen molar-refractivity contribution in [2.75, 3.05) is 36.6 Å². The molecule has 1 atom stereocenters. The van der Waals surface area contributed by atoms with Crippen molar-refractivity contribution < 1.29 is 14.3 Å². The average Bonchev–Trinajstić information content (AvgIpc) is 2.69. The third kappa shape index (κ3) is 5.27. The zero-order valence-corrected chi connectivity index (χ0v) is 16.9. The molecule has 3 rings (SSSR count). The third-order valence-corrected chi connectivity index (χ3v) is 5.56. The Kier molecular flexibility index (Phi) is 6.95. The molecule has 0 saturated heterocycles. The van der Waals surface area contributed by atoms with Gasteiger partial charge in [-0.05, 0) is 30.7 Å². The van der Waals surface area contributed by atoms with Crippen LogP contribution in [0.4, 0.5) is 11.4 Å². The Hall–Kier alpha value is -2.51. The van der Waals surface area contributed by atoms with Gasteiger partial charge in [0.05, 0.1) is 18.0 Å². The van der Waals surface area contributed by atoms with Crippen molar-refractivity contribution in [1.82, 2.24) is 5.32 Å². The molecular formula is C21H25N3O3S. The Morgan fingerprint density at radius 2 is 1.96 bits per heavy atom. The van der Waals surface area contributed by atoms with E-state index in [1.165, 1.54) is 11.1 Å². The number of benzene rings is 2. The minimum absolute atomic E-state index is 0.0825. The highest BCUT2D eigenvalue weighted by Gasteiger charge is 2.26. The predicted octanol–water partition coefficient (Wildman–Crippen LogP) is 3.04. The second-order valence-corrected chi connectivity index (χ2v) is 7.73. The molecule has 28 heavy (non-hydrogen) atoms. The van der Waals surface area contributed by atoms with Crippen LogP contribution in [0.25, 0.3) is 0 Å². The molecule has 1 unspecified atom stereocenters. The fourth-order valence-corrected chi connectivity index (χ4v) is 3.87. The summed E-state index contributed by atoms with van der Waals surface area (Å²) >= 11 is 1.72. The zero-order chi connectivity index (χ0) is 19.9. The minimum Gasteiger partial charge on any atom is -0.383 e. The molecule has 2 aromatic rings. The first kappa shape index (κ1) is 20.2. The van der Waals surface area contributed by atoms with Gasteiger partial charge in [-0.25, -0.2) is 0 Å². The largest absolute Gasteiger partial charge is 0.383 e. The lowest BCUT2D eigenvalue weighted by atomic mass is 10.1. The van der Waals surface area contributed by atoms with E-state index >= 15 is 0 Å². The van der Waals surface area contributed by atoms with Gasteiger partial charge in [-0.2, -0.15) is 11.8 Å². The van der Waals surface area contributed by atoms with Crippen molar-refractivity contribution in [3.63, 3.8) is 0 Å². The number of methoxy groups -OCH3 is 1. The number of carbonyl (C=O) groups is 2. The van der Waals surface area contributed by atoms with Crippen LogP contribution in [0, 0.1) is 6.92 Å². The molecule has 7 heteroatoms. The number of rotatable bonds is 8. The topological polar surface area (TPSA) is 79.5 Å². The van der Waals surface area contributed by atoms with Crippen LogP contribution in [-0.4, -0.2) is 43.9 Å². The number of hydrogen-bond donors (Lipinski definition) is 3. The summed E-state index contributed by atoms with van der Waals surface area (Å²) in [6.07, 6.45) is 0. The van der Waals surface area contributed by atoms with Gasteiger partial charge in [-0.3, -0.25) is 9.59 Å². The summed E-state index contributed by atoms with van der Waals surface area (Å²) in [6, 6.07) is 13.4. The number of nitrogens with one attached hydrogen (secondary N) is 3. The lowest BCUT2D eigenvalue weighted by Crippen LogP contribution is -2.40. The number of anilines is 2. The first-order chi connectivity index (χ1) is 13.6. The van der Waals surface area contributed by atoms with Crippen molar-refractivity contribution in [2.45, 2.75) is 18.7 Å².